The molecule has 0 saturated carbocycles. The molecule has 2 rings (SSSR count). The molecule has 0 aromatic carbocycles. The molecular formula is C13H17N3O3. The normalized spacial score (nSPS) is 10.9. The first kappa shape index (κ1) is 13.4. The van der Waals surface area contributed by atoms with Gasteiger partial charge in [0.05, 0.1) is 13.1 Å². The number of hydrazine groups is 1. The predicted octanol–water partition coefficient (Wildman–Crippen LogP) is 1.42. The maximum atomic E-state index is 11.2. The van der Waals surface area contributed by atoms with Crippen LogP contribution in [0.3, 0.4) is 0 Å². The molecule has 0 bridgehead atoms. The van der Waals surface area contributed by atoms with Crippen LogP contribution >= 0.6 is 0 Å². The van der Waals surface area contributed by atoms with E-state index in [-0.39, 0.29) is 5.76 Å². The Hall–Kier alpha value is -2.05. The van der Waals surface area contributed by atoms with Gasteiger partial charge < -0.3 is 8.83 Å². The molecular weight excluding hydrogens is 246 g/mol. The third-order valence-electron chi connectivity index (χ3n) is 2.66. The lowest BCUT2D eigenvalue weighted by Crippen LogP contribution is -2.29. The fourth-order valence-corrected chi connectivity index (χ4v) is 1.81. The third-order valence-corrected chi connectivity index (χ3v) is 2.66. The highest BCUT2D eigenvalue weighted by molar-refractivity contribution is 5.90. The second-order valence-corrected chi connectivity index (χ2v) is 4.42. The second kappa shape index (κ2) is 5.73. The topological polar surface area (TPSA) is 84.6 Å². The Balaban J connectivity index is 1.93. The summed E-state index contributed by atoms with van der Waals surface area (Å²) < 4.78 is 10.9. The minimum Gasteiger partial charge on any atom is -0.465 e. The Morgan fingerprint density at radius 3 is 2.42 bits per heavy atom. The van der Waals surface area contributed by atoms with Crippen LogP contribution in [-0.4, -0.2) is 17.9 Å². The first-order valence-electron chi connectivity index (χ1n) is 5.92. The highest BCUT2D eigenvalue weighted by Crippen LogP contribution is 2.13. The molecule has 1 amide bonds. The summed E-state index contributed by atoms with van der Waals surface area (Å²) in [4.78, 5) is 13.3. The van der Waals surface area contributed by atoms with Crippen LogP contribution in [0.4, 0.5) is 0 Å². The molecule has 0 unspecified atom stereocenters. The van der Waals surface area contributed by atoms with E-state index in [9.17, 15) is 4.79 Å². The predicted molar refractivity (Wildman–Crippen MR) is 69.0 cm³/mol. The average Bonchev–Trinajstić information content (AvgIpc) is 2.98. The first-order valence-corrected chi connectivity index (χ1v) is 5.92. The zero-order valence-corrected chi connectivity index (χ0v) is 11.0. The molecule has 0 saturated heterocycles. The van der Waals surface area contributed by atoms with Crippen molar-refractivity contribution in [2.24, 2.45) is 5.84 Å². The van der Waals surface area contributed by atoms with Gasteiger partial charge in [0.2, 0.25) is 0 Å². The van der Waals surface area contributed by atoms with Gasteiger partial charge in [-0.3, -0.25) is 15.1 Å². The molecule has 2 aromatic rings. The lowest BCUT2D eigenvalue weighted by Gasteiger charge is -2.13. The second-order valence-electron chi connectivity index (χ2n) is 4.42. The van der Waals surface area contributed by atoms with Crippen molar-refractivity contribution < 1.29 is 13.6 Å². The number of amides is 1. The van der Waals surface area contributed by atoms with E-state index in [1.165, 1.54) is 0 Å². The van der Waals surface area contributed by atoms with Gasteiger partial charge in [-0.2, -0.15) is 0 Å². The van der Waals surface area contributed by atoms with Gasteiger partial charge in [0.15, 0.2) is 5.76 Å². The van der Waals surface area contributed by atoms with Crippen molar-refractivity contribution >= 4 is 5.91 Å². The largest absolute Gasteiger partial charge is 0.465 e. The maximum absolute atomic E-state index is 11.2. The maximum Gasteiger partial charge on any atom is 0.300 e. The standard InChI is InChI=1S/C13H17N3O3/c1-9-3-4-10(18-9)7-16(2)8-11-5-6-12(19-11)13(17)15-14/h3-6H,7-8,14H2,1-2H3,(H,15,17). The summed E-state index contributed by atoms with van der Waals surface area (Å²) in [7, 11) is 1.95. The van der Waals surface area contributed by atoms with Crippen LogP contribution in [0.5, 0.6) is 0 Å². The molecule has 2 aromatic heterocycles. The van der Waals surface area contributed by atoms with Gasteiger partial charge in [-0.1, -0.05) is 0 Å². The molecule has 0 atom stereocenters. The number of carbonyl (C=O) groups is 1. The van der Waals surface area contributed by atoms with E-state index in [1.54, 1.807) is 12.1 Å². The molecule has 2 heterocycles. The number of nitrogens with one attached hydrogen (secondary N) is 1. The van der Waals surface area contributed by atoms with E-state index in [4.69, 9.17) is 14.7 Å². The van der Waals surface area contributed by atoms with E-state index < -0.39 is 5.91 Å². The number of nitrogens with zero attached hydrogens (tertiary/aromatic N) is 1. The number of rotatable bonds is 5. The van der Waals surface area contributed by atoms with Gasteiger partial charge in [0.25, 0.3) is 0 Å². The molecule has 0 fully saturated rings. The van der Waals surface area contributed by atoms with Crippen molar-refractivity contribution in [3.05, 3.63) is 47.3 Å². The molecule has 0 spiro atoms. The Bertz CT molecular complexity index is 559. The number of furan rings is 2. The zero-order valence-electron chi connectivity index (χ0n) is 11.0. The van der Waals surface area contributed by atoms with Crippen molar-refractivity contribution in [3.8, 4) is 0 Å². The molecule has 6 heteroatoms. The molecule has 0 radical (unpaired) electrons. The molecule has 3 N–H and O–H groups in total. The van der Waals surface area contributed by atoms with Crippen LogP contribution < -0.4 is 11.3 Å². The number of carbonyl (C=O) groups excluding carboxylic acids is 1. The van der Waals surface area contributed by atoms with Gasteiger partial charge in [-0.25, -0.2) is 5.84 Å². The lowest BCUT2D eigenvalue weighted by atomic mass is 10.3. The Morgan fingerprint density at radius 1 is 1.21 bits per heavy atom. The van der Waals surface area contributed by atoms with Crippen molar-refractivity contribution in [1.29, 1.82) is 0 Å². The summed E-state index contributed by atoms with van der Waals surface area (Å²) in [5, 5.41) is 0. The highest BCUT2D eigenvalue weighted by atomic mass is 16.4. The van der Waals surface area contributed by atoms with Crippen molar-refractivity contribution in [2.75, 3.05) is 7.05 Å². The SMILES string of the molecule is Cc1ccc(CN(C)Cc2ccc(C(=O)NN)o2)o1. The van der Waals surface area contributed by atoms with E-state index in [1.807, 2.05) is 36.4 Å². The monoisotopic (exact) mass is 263 g/mol. The van der Waals surface area contributed by atoms with Crippen LogP contribution in [0, 0.1) is 6.92 Å². The van der Waals surface area contributed by atoms with Gasteiger partial charge in [-0.15, -0.1) is 0 Å². The third kappa shape index (κ3) is 3.46. The Labute approximate surface area is 111 Å². The van der Waals surface area contributed by atoms with Crippen LogP contribution in [0.2, 0.25) is 0 Å². The quantitative estimate of drug-likeness (QED) is 0.484. The van der Waals surface area contributed by atoms with Crippen molar-refractivity contribution in [3.63, 3.8) is 0 Å². The smallest absolute Gasteiger partial charge is 0.300 e. The molecule has 0 aliphatic carbocycles. The number of hydrogen-bond acceptors (Lipinski definition) is 5. The fraction of sp³-hybridized carbons (Fsp3) is 0.308. The number of aryl methyl sites for hydroxylation is 1. The zero-order chi connectivity index (χ0) is 13.8. The van der Waals surface area contributed by atoms with E-state index in [0.717, 1.165) is 11.5 Å². The Morgan fingerprint density at radius 2 is 1.84 bits per heavy atom. The van der Waals surface area contributed by atoms with Crippen LogP contribution in [-0.2, 0) is 13.1 Å². The first-order chi connectivity index (χ1) is 9.08. The minimum atomic E-state index is -0.435. The van der Waals surface area contributed by atoms with Gasteiger partial charge >= 0.3 is 5.91 Å². The van der Waals surface area contributed by atoms with E-state index >= 15 is 0 Å². The number of nitrogens with two attached hydrogens (primary N) is 1. The summed E-state index contributed by atoms with van der Waals surface area (Å²) in [6.07, 6.45) is 0. The average molecular weight is 263 g/mol. The van der Waals surface area contributed by atoms with Crippen LogP contribution in [0.15, 0.2) is 33.1 Å². The highest BCUT2D eigenvalue weighted by Gasteiger charge is 2.11. The molecule has 102 valence electrons. The van der Waals surface area contributed by atoms with Gasteiger partial charge in [0.1, 0.15) is 17.3 Å². The molecule has 0 aliphatic heterocycles. The summed E-state index contributed by atoms with van der Waals surface area (Å²) in [5.41, 5.74) is 2.03. The molecule has 0 aliphatic rings. The van der Waals surface area contributed by atoms with Crippen molar-refractivity contribution in [1.82, 2.24) is 10.3 Å². The summed E-state index contributed by atoms with van der Waals surface area (Å²) in [6, 6.07) is 7.23. The minimum absolute atomic E-state index is 0.208. The number of nitrogen functional groups attached to an aromatic ring is 1. The van der Waals surface area contributed by atoms with E-state index in [0.29, 0.717) is 18.8 Å². The summed E-state index contributed by atoms with van der Waals surface area (Å²) >= 11 is 0. The molecule has 19 heavy (non-hydrogen) atoms. The van der Waals surface area contributed by atoms with Gasteiger partial charge in [0, 0.05) is 0 Å². The summed E-state index contributed by atoms with van der Waals surface area (Å²) in [6.45, 7) is 3.16. The number of hydrogen-bond donors (Lipinski definition) is 2. The van der Waals surface area contributed by atoms with Crippen LogP contribution in [0.1, 0.15) is 27.8 Å². The summed E-state index contributed by atoms with van der Waals surface area (Å²) in [5.74, 6) is 7.30. The Kier molecular flexibility index (Phi) is 4.03. The van der Waals surface area contributed by atoms with Gasteiger partial charge in [-0.05, 0) is 38.2 Å². The fourth-order valence-electron chi connectivity index (χ4n) is 1.81. The van der Waals surface area contributed by atoms with Crippen LogP contribution in [0.25, 0.3) is 0 Å². The molecule has 6 nitrogen and oxygen atoms in total. The van der Waals surface area contributed by atoms with Crippen molar-refractivity contribution in [2.45, 2.75) is 20.0 Å². The lowest BCUT2D eigenvalue weighted by molar-refractivity contribution is 0.0922. The van der Waals surface area contributed by atoms with E-state index in [2.05, 4.69) is 0 Å².